The molecule has 0 bridgehead atoms. The van der Waals surface area contributed by atoms with Gasteiger partial charge >= 0.3 is 0 Å². The highest BCUT2D eigenvalue weighted by molar-refractivity contribution is 8.01. The molecule has 1 rings (SSSR count). The van der Waals surface area contributed by atoms with Crippen LogP contribution in [0.1, 0.15) is 6.92 Å². The first-order valence-corrected chi connectivity index (χ1v) is 3.04. The topological polar surface area (TPSA) is 24.4 Å². The molecule has 0 aromatic heterocycles. The largest absolute Gasteiger partial charge is 0.359 e. The van der Waals surface area contributed by atoms with Crippen molar-refractivity contribution < 1.29 is 0 Å². The van der Waals surface area contributed by atoms with Gasteiger partial charge in [-0.05, 0) is 6.92 Å². The zero-order chi connectivity index (χ0) is 5.82. The molecule has 0 atom stereocenters. The Balaban J connectivity index is 2.66. The Morgan fingerprint density at radius 2 is 2.75 bits per heavy atom. The third kappa shape index (κ3) is 1.45. The number of hydrogen-bond donors (Lipinski definition) is 1. The highest BCUT2D eigenvalue weighted by Gasteiger charge is 1.86. The van der Waals surface area contributed by atoms with Gasteiger partial charge in [0.2, 0.25) is 0 Å². The van der Waals surface area contributed by atoms with Crippen LogP contribution in [0, 0.1) is 0 Å². The molecule has 1 aliphatic heterocycles. The lowest BCUT2D eigenvalue weighted by atomic mass is 10.7. The third-order valence-electron chi connectivity index (χ3n) is 0.677. The molecule has 1 heterocycles. The average Bonchev–Trinajstić information content (AvgIpc) is 1.94. The number of allylic oxidation sites excluding steroid dienone is 1. The Morgan fingerprint density at radius 3 is 3.62 bits per heavy atom. The minimum Gasteiger partial charge on any atom is -0.359 e. The number of hydrogen-bond acceptors (Lipinski definition) is 3. The molecule has 1 N–H and O–H groups in total. The van der Waals surface area contributed by atoms with Gasteiger partial charge in [0.25, 0.3) is 0 Å². The second kappa shape index (κ2) is 2.60. The zero-order valence-corrected chi connectivity index (χ0v) is 5.33. The molecule has 0 radical (unpaired) electrons. The van der Waals surface area contributed by atoms with Gasteiger partial charge in [-0.2, -0.15) is 4.40 Å². The lowest BCUT2D eigenvalue weighted by Crippen LogP contribution is -1.90. The van der Waals surface area contributed by atoms with E-state index in [1.807, 2.05) is 13.1 Å². The van der Waals surface area contributed by atoms with Crippen molar-refractivity contribution in [1.29, 1.82) is 0 Å². The first kappa shape index (κ1) is 5.48. The fourth-order valence-corrected chi connectivity index (χ4v) is 0.717. The molecular weight excluding hydrogens is 120 g/mol. The monoisotopic (exact) mass is 126 g/mol. The Kier molecular flexibility index (Phi) is 1.78. The molecule has 0 spiro atoms. The fourth-order valence-electron chi connectivity index (χ4n) is 0.347. The van der Waals surface area contributed by atoms with E-state index in [9.17, 15) is 0 Å². The van der Waals surface area contributed by atoms with Gasteiger partial charge in [-0.3, -0.25) is 0 Å². The molecule has 0 amide bonds. The van der Waals surface area contributed by atoms with Crippen LogP contribution < -0.4 is 5.32 Å². The van der Waals surface area contributed by atoms with Crippen molar-refractivity contribution in [3.63, 3.8) is 0 Å². The van der Waals surface area contributed by atoms with Gasteiger partial charge in [0, 0.05) is 28.9 Å². The molecule has 0 aromatic carbocycles. The number of nitrogens with one attached hydrogen (secondary N) is 1. The Labute approximate surface area is 52.5 Å². The smallest absolute Gasteiger partial charge is 0.0643 e. The van der Waals surface area contributed by atoms with Gasteiger partial charge in [-0.1, -0.05) is 0 Å². The lowest BCUT2D eigenvalue weighted by molar-refractivity contribution is 1.20. The molecule has 0 aliphatic carbocycles. The van der Waals surface area contributed by atoms with Crippen molar-refractivity contribution in [2.45, 2.75) is 6.92 Å². The highest BCUT2D eigenvalue weighted by Crippen LogP contribution is 2.13. The summed E-state index contributed by atoms with van der Waals surface area (Å²) in [6, 6.07) is 0. The molecule has 0 aromatic rings. The third-order valence-corrected chi connectivity index (χ3v) is 1.28. The molecule has 0 fully saturated rings. The summed E-state index contributed by atoms with van der Waals surface area (Å²) in [5.41, 5.74) is 0. The summed E-state index contributed by atoms with van der Waals surface area (Å²) in [6.45, 7) is 1.99. The normalized spacial score (nSPS) is 16.9. The maximum absolute atomic E-state index is 3.83. The van der Waals surface area contributed by atoms with Crippen LogP contribution >= 0.6 is 11.9 Å². The molecule has 42 valence electrons. The molecule has 1 aliphatic rings. The molecular formula is C5H6N2S. The van der Waals surface area contributed by atoms with Crippen LogP contribution in [-0.2, 0) is 0 Å². The Morgan fingerprint density at radius 1 is 1.88 bits per heavy atom. The summed E-state index contributed by atoms with van der Waals surface area (Å²) in [7, 11) is 0. The Bertz CT molecular complexity index is 165. The van der Waals surface area contributed by atoms with E-state index in [2.05, 4.69) is 15.6 Å². The average molecular weight is 126 g/mol. The zero-order valence-electron chi connectivity index (χ0n) is 4.51. The first-order chi connectivity index (χ1) is 3.89. The molecule has 3 heteroatoms. The van der Waals surface area contributed by atoms with Gasteiger partial charge < -0.3 is 5.32 Å². The van der Waals surface area contributed by atoms with Gasteiger partial charge in [-0.15, -0.1) is 0 Å². The van der Waals surface area contributed by atoms with Crippen molar-refractivity contribution in [3.8, 4) is 0 Å². The van der Waals surface area contributed by atoms with E-state index in [1.54, 1.807) is 6.20 Å². The van der Waals surface area contributed by atoms with Gasteiger partial charge in [0.15, 0.2) is 0 Å². The number of nitrogens with zero attached hydrogens (tertiary/aromatic N) is 1. The standard InChI is InChI=1S/C5H6N2S/c1-5-4-6-2-3-7-8-5/h2,4,6H,1H3. The predicted octanol–water partition coefficient (Wildman–Crippen LogP) is 1.28. The van der Waals surface area contributed by atoms with E-state index in [-0.39, 0.29) is 0 Å². The second-order valence-electron chi connectivity index (χ2n) is 1.38. The van der Waals surface area contributed by atoms with Crippen molar-refractivity contribution >= 4 is 17.8 Å². The maximum Gasteiger partial charge on any atom is 0.0643 e. The fraction of sp³-hybridized carbons (Fsp3) is 0.200. The second-order valence-corrected chi connectivity index (χ2v) is 2.39. The quantitative estimate of drug-likeness (QED) is 0.494. The minimum atomic E-state index is 1.14. The molecule has 0 saturated heterocycles. The van der Waals surface area contributed by atoms with E-state index in [0.29, 0.717) is 0 Å². The van der Waals surface area contributed by atoms with Crippen LogP contribution in [0.5, 0.6) is 0 Å². The first-order valence-electron chi connectivity index (χ1n) is 2.27. The van der Waals surface area contributed by atoms with Crippen LogP contribution in [-0.4, -0.2) is 5.87 Å². The van der Waals surface area contributed by atoms with E-state index < -0.39 is 0 Å². The van der Waals surface area contributed by atoms with Crippen molar-refractivity contribution in [2.24, 2.45) is 4.40 Å². The van der Waals surface area contributed by atoms with E-state index in [1.165, 1.54) is 11.9 Å². The van der Waals surface area contributed by atoms with Gasteiger partial charge in [-0.25, -0.2) is 0 Å². The van der Waals surface area contributed by atoms with E-state index >= 15 is 0 Å². The summed E-state index contributed by atoms with van der Waals surface area (Å²) in [6.07, 6.45) is 3.55. The predicted molar refractivity (Wildman–Crippen MR) is 36.5 cm³/mol. The summed E-state index contributed by atoms with van der Waals surface area (Å²) in [5, 5.41) is 2.88. The van der Waals surface area contributed by atoms with Crippen molar-refractivity contribution in [1.82, 2.24) is 5.32 Å². The summed E-state index contributed by atoms with van der Waals surface area (Å²) >= 11 is 1.42. The SMILES string of the molecule is CC1=CNC=C=NS1. The summed E-state index contributed by atoms with van der Waals surface area (Å²) in [4.78, 5) is 1.14. The van der Waals surface area contributed by atoms with Gasteiger partial charge in [0.1, 0.15) is 0 Å². The number of rotatable bonds is 0. The van der Waals surface area contributed by atoms with Crippen LogP contribution in [0.15, 0.2) is 21.7 Å². The maximum atomic E-state index is 3.83. The van der Waals surface area contributed by atoms with Crippen LogP contribution in [0.25, 0.3) is 0 Å². The Hall–Kier alpha value is -0.660. The van der Waals surface area contributed by atoms with Crippen LogP contribution in [0.3, 0.4) is 0 Å². The molecule has 0 saturated carbocycles. The van der Waals surface area contributed by atoms with Crippen LogP contribution in [0.4, 0.5) is 0 Å². The van der Waals surface area contributed by atoms with E-state index in [4.69, 9.17) is 0 Å². The molecule has 0 unspecified atom stereocenters. The molecule has 2 nitrogen and oxygen atoms in total. The highest BCUT2D eigenvalue weighted by atomic mass is 32.2. The lowest BCUT2D eigenvalue weighted by Gasteiger charge is -1.87. The summed E-state index contributed by atoms with van der Waals surface area (Å²) in [5.74, 6) is 2.68. The van der Waals surface area contributed by atoms with Crippen molar-refractivity contribution in [2.75, 3.05) is 0 Å². The van der Waals surface area contributed by atoms with E-state index in [0.717, 1.165) is 4.91 Å². The van der Waals surface area contributed by atoms with Crippen LogP contribution in [0.2, 0.25) is 0 Å². The van der Waals surface area contributed by atoms with Gasteiger partial charge in [0.05, 0.1) is 6.20 Å². The molecule has 8 heavy (non-hydrogen) atoms. The minimum absolute atomic E-state index is 1.14. The van der Waals surface area contributed by atoms with Crippen molar-refractivity contribution in [3.05, 3.63) is 17.3 Å². The summed E-state index contributed by atoms with van der Waals surface area (Å²) < 4.78 is 3.83.